The van der Waals surface area contributed by atoms with E-state index in [1.807, 2.05) is 30.3 Å². The standard InChI is InChI=1S/C16H9.2C14H9.C13H9.C10H8/c1-3-11-7-9-13-5-2-6-14-10-8-12(4-1)15(11)16(13)14;1-3-7-13-11(5-1)9-10-12-6-2-4-8-14(12)13;1-2-6-12-10-14-8-4-3-7-13(14)9-11(12)5-1;1-3-7-12-10(5-1)9-11-6-2-4-8-13(11)12;1-2-6-10-8-4-3-7-9(10)5-1/h1-5,7-10H;1-5,7-10H;1-9H;1-9H;1-8H. The summed E-state index contributed by atoms with van der Waals surface area (Å²) in [4.78, 5) is 0. The maximum absolute atomic E-state index is 3.41. The van der Waals surface area contributed by atoms with E-state index in [4.69, 9.17) is 0 Å². The molecule has 0 fully saturated rings. The molecule has 4 radical (unpaired) electrons. The van der Waals surface area contributed by atoms with Gasteiger partial charge in [-0.1, -0.05) is 255 Å². The average Bonchev–Trinajstić information content (AvgIpc) is 3.79. The van der Waals surface area contributed by atoms with Crippen molar-refractivity contribution < 1.29 is 0 Å². The van der Waals surface area contributed by atoms with Gasteiger partial charge in [0.05, 0.1) is 0 Å². The van der Waals surface area contributed by atoms with Crippen LogP contribution in [0.2, 0.25) is 0 Å². The SMILES string of the molecule is [CH]1c2ccccc2-c2ccccc21.[c]1c2ccccc2cc2ccccc12.[c]1ccc2ccc3cccc4ccc1c2c43.[c]1cccc2c1ccc1ccccc12.c1ccc2ccccc2c1. The number of hydrogen-bond acceptors (Lipinski definition) is 0. The molecule has 1 aliphatic carbocycles. The Balaban J connectivity index is 0.0000000929. The summed E-state index contributed by atoms with van der Waals surface area (Å²) in [6, 6.07) is 101. The second-order valence-corrected chi connectivity index (χ2v) is 16.7. The third-order valence-electron chi connectivity index (χ3n) is 12.6. The van der Waals surface area contributed by atoms with Crippen LogP contribution < -0.4 is 0 Å². The molecule has 0 saturated heterocycles. The number of fused-ring (bicyclic) bond motifs is 9. The summed E-state index contributed by atoms with van der Waals surface area (Å²) < 4.78 is 0. The molecule has 0 atom stereocenters. The third-order valence-corrected chi connectivity index (χ3v) is 12.6. The molecule has 0 amide bonds. The van der Waals surface area contributed by atoms with Gasteiger partial charge in [-0.05, 0) is 133 Å². The monoisotopic (exact) mass is 848 g/mol. The van der Waals surface area contributed by atoms with Gasteiger partial charge in [-0.15, -0.1) is 0 Å². The lowest BCUT2D eigenvalue weighted by Gasteiger charge is -2.09. The highest BCUT2D eigenvalue weighted by atomic mass is 14.2. The van der Waals surface area contributed by atoms with Crippen LogP contribution in [0, 0.1) is 24.6 Å². The van der Waals surface area contributed by atoms with Crippen LogP contribution in [-0.4, -0.2) is 0 Å². The minimum atomic E-state index is 1.19. The number of rotatable bonds is 0. The first-order valence-electron chi connectivity index (χ1n) is 22.8. The van der Waals surface area contributed by atoms with Gasteiger partial charge in [0.2, 0.25) is 0 Å². The Morgan fingerprint density at radius 2 is 0.687 bits per heavy atom. The second kappa shape index (κ2) is 18.9. The van der Waals surface area contributed by atoms with Crippen molar-refractivity contribution in [2.24, 2.45) is 0 Å². The van der Waals surface area contributed by atoms with Gasteiger partial charge in [-0.25, -0.2) is 0 Å². The summed E-state index contributed by atoms with van der Waals surface area (Å²) in [6.45, 7) is 0. The van der Waals surface area contributed by atoms with Gasteiger partial charge in [0.25, 0.3) is 0 Å². The minimum absolute atomic E-state index is 1.19. The molecule has 0 aliphatic heterocycles. The molecule has 0 heterocycles. The van der Waals surface area contributed by atoms with Gasteiger partial charge < -0.3 is 0 Å². The first kappa shape index (κ1) is 41.1. The summed E-state index contributed by atoms with van der Waals surface area (Å²) in [5, 5.41) is 20.4. The van der Waals surface area contributed by atoms with Crippen molar-refractivity contribution in [2.45, 2.75) is 0 Å². The Labute approximate surface area is 392 Å². The van der Waals surface area contributed by atoms with Crippen LogP contribution in [-0.2, 0) is 0 Å². The predicted molar refractivity (Wildman–Crippen MR) is 288 cm³/mol. The molecule has 312 valence electrons. The van der Waals surface area contributed by atoms with E-state index in [2.05, 4.69) is 255 Å². The van der Waals surface area contributed by atoms with Crippen molar-refractivity contribution in [1.29, 1.82) is 0 Å². The van der Waals surface area contributed by atoms with Crippen LogP contribution >= 0.6 is 0 Å². The Morgan fingerprint density at radius 3 is 1.33 bits per heavy atom. The number of hydrogen-bond donors (Lipinski definition) is 0. The molecule has 0 unspecified atom stereocenters. The van der Waals surface area contributed by atoms with Crippen LogP contribution in [0.25, 0.3) is 97.3 Å². The van der Waals surface area contributed by atoms with Crippen molar-refractivity contribution >= 4 is 86.2 Å². The molecule has 0 nitrogen and oxygen atoms in total. The summed E-state index contributed by atoms with van der Waals surface area (Å²) in [5.74, 6) is 0. The maximum atomic E-state index is 3.41. The van der Waals surface area contributed by atoms with Crippen LogP contribution in [0.15, 0.2) is 261 Å². The normalized spacial score (nSPS) is 11.2. The smallest absolute Gasteiger partial charge is 0.0211 e. The summed E-state index contributed by atoms with van der Waals surface area (Å²) >= 11 is 0. The van der Waals surface area contributed by atoms with Crippen molar-refractivity contribution in [3.8, 4) is 11.1 Å². The molecule has 15 rings (SSSR count). The Kier molecular flexibility index (Phi) is 11.6. The van der Waals surface area contributed by atoms with Crippen molar-refractivity contribution in [2.75, 3.05) is 0 Å². The summed E-state index contributed by atoms with van der Waals surface area (Å²) in [7, 11) is 0. The van der Waals surface area contributed by atoms with Crippen molar-refractivity contribution in [1.82, 2.24) is 0 Å². The van der Waals surface area contributed by atoms with Crippen molar-refractivity contribution in [3.63, 3.8) is 0 Å². The second-order valence-electron chi connectivity index (χ2n) is 16.7. The van der Waals surface area contributed by atoms with E-state index >= 15 is 0 Å². The highest BCUT2D eigenvalue weighted by Crippen LogP contribution is 2.37. The Bertz CT molecular complexity index is 3550. The zero-order chi connectivity index (χ0) is 44.8. The molecule has 0 spiro atoms. The van der Waals surface area contributed by atoms with Crippen LogP contribution in [0.1, 0.15) is 11.1 Å². The molecular weight excluding hydrogens is 805 g/mol. The molecule has 67 heavy (non-hydrogen) atoms. The van der Waals surface area contributed by atoms with E-state index in [1.165, 1.54) is 108 Å². The fourth-order valence-corrected chi connectivity index (χ4v) is 9.30. The molecule has 14 aromatic rings. The first-order valence-corrected chi connectivity index (χ1v) is 22.8. The summed E-state index contributed by atoms with van der Waals surface area (Å²) in [5.41, 5.74) is 5.39. The van der Waals surface area contributed by atoms with E-state index in [0.717, 1.165) is 0 Å². The molecular formula is C67H44. The number of benzene rings is 14. The molecule has 0 saturated carbocycles. The molecule has 0 bridgehead atoms. The lowest BCUT2D eigenvalue weighted by Crippen LogP contribution is -1.82. The average molecular weight is 849 g/mol. The minimum Gasteiger partial charge on any atom is -0.0619 e. The van der Waals surface area contributed by atoms with E-state index < -0.39 is 0 Å². The Hall–Kier alpha value is -8.58. The first-order chi connectivity index (χ1) is 33.2. The predicted octanol–water partition coefficient (Wildman–Crippen LogP) is 18.1. The van der Waals surface area contributed by atoms with Gasteiger partial charge in [0, 0.05) is 6.42 Å². The third kappa shape index (κ3) is 8.69. The highest BCUT2D eigenvalue weighted by molar-refractivity contribution is 6.22. The van der Waals surface area contributed by atoms with Gasteiger partial charge in [-0.3, -0.25) is 0 Å². The molecule has 0 N–H and O–H groups in total. The Morgan fingerprint density at radius 1 is 0.239 bits per heavy atom. The highest BCUT2D eigenvalue weighted by Gasteiger charge is 2.16. The van der Waals surface area contributed by atoms with Crippen molar-refractivity contribution in [3.05, 3.63) is 297 Å². The van der Waals surface area contributed by atoms with E-state index in [0.29, 0.717) is 0 Å². The lowest BCUT2D eigenvalue weighted by atomic mass is 9.95. The maximum Gasteiger partial charge on any atom is 0.0211 e. The quantitative estimate of drug-likeness (QED) is 0.105. The van der Waals surface area contributed by atoms with E-state index in [1.54, 1.807) is 0 Å². The van der Waals surface area contributed by atoms with Gasteiger partial charge in [0.1, 0.15) is 0 Å². The topological polar surface area (TPSA) is 0 Å². The molecule has 0 aromatic heterocycles. The molecule has 14 aromatic carbocycles. The van der Waals surface area contributed by atoms with Gasteiger partial charge in [-0.2, -0.15) is 0 Å². The zero-order valence-electron chi connectivity index (χ0n) is 36.9. The van der Waals surface area contributed by atoms with E-state index in [-0.39, 0.29) is 0 Å². The van der Waals surface area contributed by atoms with Crippen LogP contribution in [0.3, 0.4) is 0 Å². The molecule has 1 aliphatic rings. The fraction of sp³-hybridized carbons (Fsp3) is 0. The van der Waals surface area contributed by atoms with Crippen LogP contribution in [0.4, 0.5) is 0 Å². The molecule has 0 heteroatoms. The lowest BCUT2D eigenvalue weighted by molar-refractivity contribution is 1.54. The van der Waals surface area contributed by atoms with E-state index in [9.17, 15) is 0 Å². The fourth-order valence-electron chi connectivity index (χ4n) is 9.30. The van der Waals surface area contributed by atoms with Gasteiger partial charge in [0.15, 0.2) is 0 Å². The van der Waals surface area contributed by atoms with Crippen LogP contribution in [0.5, 0.6) is 0 Å². The largest absolute Gasteiger partial charge is 0.0619 e. The summed E-state index contributed by atoms with van der Waals surface area (Å²) in [6.07, 6.45) is 2.24. The zero-order valence-corrected chi connectivity index (χ0v) is 36.9. The van der Waals surface area contributed by atoms with Gasteiger partial charge >= 0.3 is 0 Å².